The molecule has 0 unspecified atom stereocenters. The standard InChI is InChI=1S/C20H26I.C9H10O6S/c1-19(2,3)15-7-11-17(12-8-15)21-18-13-9-16(10-14-18)20(4,5)6;1-2-15-9(11)6-3-4-8(7(10)5-6)16(12,13)14/h7-14H,1-6H3;3-5,10H,2H2,1H3,(H,12,13,14)/q+1;/p-1. The summed E-state index contributed by atoms with van der Waals surface area (Å²) in [6.45, 7) is 15.4. The molecule has 8 heteroatoms. The second-order valence-electron chi connectivity index (χ2n) is 10.5. The molecule has 0 amide bonds. The molecule has 0 radical (unpaired) electrons. The van der Waals surface area contributed by atoms with Gasteiger partial charge in [-0.05, 0) is 71.3 Å². The average Bonchev–Trinajstić information content (AvgIpc) is 2.78. The van der Waals surface area contributed by atoms with E-state index in [1.807, 2.05) is 0 Å². The van der Waals surface area contributed by atoms with Gasteiger partial charge in [0.25, 0.3) is 0 Å². The zero-order valence-corrected chi connectivity index (χ0v) is 25.3. The second kappa shape index (κ2) is 12.4. The van der Waals surface area contributed by atoms with Gasteiger partial charge in [-0.15, -0.1) is 0 Å². The second-order valence-corrected chi connectivity index (χ2v) is 14.8. The van der Waals surface area contributed by atoms with E-state index in [1.54, 1.807) is 6.92 Å². The van der Waals surface area contributed by atoms with Crippen molar-refractivity contribution in [2.24, 2.45) is 0 Å². The molecule has 0 heterocycles. The number of phenols is 1. The third-order valence-corrected chi connectivity index (χ3v) is 8.95. The third-order valence-electron chi connectivity index (χ3n) is 5.38. The van der Waals surface area contributed by atoms with E-state index in [2.05, 4.69) is 94.8 Å². The monoisotopic (exact) mass is 638 g/mol. The zero-order valence-electron chi connectivity index (χ0n) is 22.3. The molecule has 0 fully saturated rings. The van der Waals surface area contributed by atoms with Gasteiger partial charge in [-0.1, -0.05) is 65.8 Å². The van der Waals surface area contributed by atoms with Gasteiger partial charge < -0.3 is 14.4 Å². The summed E-state index contributed by atoms with van der Waals surface area (Å²) in [5.74, 6) is -1.46. The van der Waals surface area contributed by atoms with E-state index >= 15 is 0 Å². The highest BCUT2D eigenvalue weighted by Gasteiger charge is 2.20. The summed E-state index contributed by atoms with van der Waals surface area (Å²) >= 11 is -0.0703. The van der Waals surface area contributed by atoms with Gasteiger partial charge in [0.05, 0.1) is 17.1 Å². The van der Waals surface area contributed by atoms with E-state index in [9.17, 15) is 22.9 Å². The fourth-order valence-corrected chi connectivity index (χ4v) is 5.93. The maximum absolute atomic E-state index is 11.2. The molecular formula is C29H35IO6S. The van der Waals surface area contributed by atoms with Crippen LogP contribution < -0.4 is 21.2 Å². The molecule has 0 atom stereocenters. The maximum Gasteiger partial charge on any atom is 0.357 e. The van der Waals surface area contributed by atoms with Gasteiger partial charge in [-0.25, -0.2) is 13.2 Å². The van der Waals surface area contributed by atoms with Gasteiger partial charge >= 0.3 is 27.2 Å². The Morgan fingerprint density at radius 2 is 1.27 bits per heavy atom. The number of hydrogen-bond donors (Lipinski definition) is 1. The van der Waals surface area contributed by atoms with Gasteiger partial charge in [-0.3, -0.25) is 0 Å². The molecule has 0 aliphatic rings. The van der Waals surface area contributed by atoms with Crippen molar-refractivity contribution in [3.8, 4) is 5.75 Å². The highest BCUT2D eigenvalue weighted by molar-refractivity contribution is 7.85. The number of halogens is 1. The average molecular weight is 639 g/mol. The third kappa shape index (κ3) is 9.43. The maximum atomic E-state index is 11.2. The molecule has 6 nitrogen and oxygen atoms in total. The van der Waals surface area contributed by atoms with Crippen LogP contribution in [-0.2, 0) is 25.7 Å². The van der Waals surface area contributed by atoms with Crippen molar-refractivity contribution in [2.75, 3.05) is 6.61 Å². The molecule has 0 saturated heterocycles. The Balaban J connectivity index is 0.000000271. The first-order valence-electron chi connectivity index (χ1n) is 11.8. The van der Waals surface area contributed by atoms with Crippen molar-refractivity contribution in [3.05, 3.63) is 90.6 Å². The van der Waals surface area contributed by atoms with E-state index in [0.717, 1.165) is 18.2 Å². The smallest absolute Gasteiger partial charge is 0.357 e. The lowest BCUT2D eigenvalue weighted by atomic mass is 9.87. The van der Waals surface area contributed by atoms with Gasteiger partial charge in [0.1, 0.15) is 15.9 Å². The largest absolute Gasteiger partial charge is 0.744 e. The normalized spacial score (nSPS) is 11.9. The lowest BCUT2D eigenvalue weighted by Crippen LogP contribution is -3.61. The van der Waals surface area contributed by atoms with E-state index in [4.69, 9.17) is 0 Å². The number of carbonyl (C=O) groups is 1. The molecular weight excluding hydrogens is 603 g/mol. The highest BCUT2D eigenvalue weighted by atomic mass is 127. The molecule has 0 saturated carbocycles. The van der Waals surface area contributed by atoms with Crippen molar-refractivity contribution in [1.82, 2.24) is 0 Å². The van der Waals surface area contributed by atoms with Crippen LogP contribution in [0.15, 0.2) is 71.6 Å². The lowest BCUT2D eigenvalue weighted by molar-refractivity contribution is -0.597. The van der Waals surface area contributed by atoms with Crippen molar-refractivity contribution in [3.63, 3.8) is 0 Å². The number of esters is 1. The van der Waals surface area contributed by atoms with Crippen molar-refractivity contribution in [1.29, 1.82) is 0 Å². The minimum Gasteiger partial charge on any atom is -0.744 e. The first-order chi connectivity index (χ1) is 17.0. The Morgan fingerprint density at radius 3 is 1.59 bits per heavy atom. The molecule has 3 rings (SSSR count). The molecule has 1 N–H and O–H groups in total. The van der Waals surface area contributed by atoms with Crippen LogP contribution in [0, 0.1) is 7.14 Å². The number of benzene rings is 3. The molecule has 0 aliphatic carbocycles. The summed E-state index contributed by atoms with van der Waals surface area (Å²) in [5.41, 5.74) is 3.29. The first-order valence-corrected chi connectivity index (χ1v) is 15.4. The molecule has 0 spiro atoms. The summed E-state index contributed by atoms with van der Waals surface area (Å²) < 4.78 is 39.5. The molecule has 200 valence electrons. The Labute approximate surface area is 231 Å². The molecule has 0 aromatic heterocycles. The lowest BCUT2D eigenvalue weighted by Gasteiger charge is -2.18. The van der Waals surface area contributed by atoms with E-state index in [0.29, 0.717) is 0 Å². The summed E-state index contributed by atoms with van der Waals surface area (Å²) in [4.78, 5) is 10.4. The van der Waals surface area contributed by atoms with Crippen LogP contribution in [0.2, 0.25) is 0 Å². The quantitative estimate of drug-likeness (QED) is 0.262. The molecule has 0 aliphatic heterocycles. The van der Waals surface area contributed by atoms with Crippen LogP contribution in [0.4, 0.5) is 0 Å². The minimum atomic E-state index is -4.74. The number of ether oxygens (including phenoxy) is 1. The number of carbonyl (C=O) groups excluding carboxylic acids is 1. The van der Waals surface area contributed by atoms with Gasteiger partial charge in [-0.2, -0.15) is 0 Å². The predicted molar refractivity (Wildman–Crippen MR) is 140 cm³/mol. The molecule has 3 aromatic rings. The van der Waals surface area contributed by atoms with E-state index < -0.39 is 26.7 Å². The molecule has 0 bridgehead atoms. The summed E-state index contributed by atoms with van der Waals surface area (Å²) in [6.07, 6.45) is 0. The van der Waals surface area contributed by atoms with Crippen LogP contribution in [-0.4, -0.2) is 30.7 Å². The minimum absolute atomic E-state index is 0.0215. The molecule has 37 heavy (non-hydrogen) atoms. The summed E-state index contributed by atoms with van der Waals surface area (Å²) in [5, 5.41) is 9.26. The van der Waals surface area contributed by atoms with Gasteiger partial charge in [0.2, 0.25) is 0 Å². The summed E-state index contributed by atoms with van der Waals surface area (Å²) in [7, 11) is -4.74. The van der Waals surface area contributed by atoms with Crippen LogP contribution >= 0.6 is 0 Å². The zero-order chi connectivity index (χ0) is 28.0. The predicted octanol–water partition coefficient (Wildman–Crippen LogP) is 2.88. The fraction of sp³-hybridized carbons (Fsp3) is 0.345. The van der Waals surface area contributed by atoms with Gasteiger partial charge in [0.15, 0.2) is 7.14 Å². The Hall–Kier alpha value is -2.43. The van der Waals surface area contributed by atoms with Crippen LogP contribution in [0.5, 0.6) is 5.75 Å². The van der Waals surface area contributed by atoms with Gasteiger partial charge in [0, 0.05) is 0 Å². The van der Waals surface area contributed by atoms with E-state index in [-0.39, 0.29) is 44.2 Å². The molecule has 3 aromatic carbocycles. The number of hydrogen-bond acceptors (Lipinski definition) is 6. The van der Waals surface area contributed by atoms with Crippen molar-refractivity contribution >= 4 is 16.1 Å². The number of phenolic OH excluding ortho intramolecular Hbond substituents is 1. The topological polar surface area (TPSA) is 104 Å². The number of aromatic hydroxyl groups is 1. The first kappa shape index (κ1) is 30.8. The highest BCUT2D eigenvalue weighted by Crippen LogP contribution is 2.24. The SMILES string of the molecule is CC(C)(C)c1ccc([I+]c2ccc(C(C)(C)C)cc2)cc1.CCOC(=O)c1ccc(S(=O)(=O)[O-])c(O)c1. The Kier molecular flexibility index (Phi) is 10.3. The van der Waals surface area contributed by atoms with Crippen molar-refractivity contribution < 1.29 is 48.8 Å². The number of rotatable bonds is 5. The van der Waals surface area contributed by atoms with Crippen LogP contribution in [0.25, 0.3) is 0 Å². The van der Waals surface area contributed by atoms with E-state index in [1.165, 1.54) is 18.3 Å². The Morgan fingerprint density at radius 1 is 0.838 bits per heavy atom. The van der Waals surface area contributed by atoms with Crippen LogP contribution in [0.3, 0.4) is 0 Å². The summed E-state index contributed by atoms with van der Waals surface area (Å²) in [6, 6.07) is 21.2. The van der Waals surface area contributed by atoms with Crippen molar-refractivity contribution in [2.45, 2.75) is 64.2 Å². The fourth-order valence-electron chi connectivity index (χ4n) is 3.22. The van der Waals surface area contributed by atoms with Crippen LogP contribution in [0.1, 0.15) is 70.0 Å². The Bertz CT molecular complexity index is 1240.